The third-order valence-corrected chi connectivity index (χ3v) is 3.51. The van der Waals surface area contributed by atoms with E-state index in [9.17, 15) is 4.79 Å². The lowest BCUT2D eigenvalue weighted by Gasteiger charge is -2.26. The Morgan fingerprint density at radius 3 is 2.86 bits per heavy atom. The van der Waals surface area contributed by atoms with Gasteiger partial charge in [0, 0.05) is 23.2 Å². The van der Waals surface area contributed by atoms with Gasteiger partial charge in [-0.2, -0.15) is 9.97 Å². The maximum Gasteiger partial charge on any atom is 0.351 e. The molecular formula is C13H14BrN5O2. The Balaban J connectivity index is 1.85. The molecule has 0 amide bonds. The largest absolute Gasteiger partial charge is 0.378 e. The van der Waals surface area contributed by atoms with E-state index in [0.717, 1.165) is 10.2 Å². The topological polar surface area (TPSA) is 83.1 Å². The molecule has 0 atom stereocenters. The Morgan fingerprint density at radius 2 is 2.10 bits per heavy atom. The van der Waals surface area contributed by atoms with Crippen molar-refractivity contribution in [2.24, 2.45) is 0 Å². The predicted octanol–water partition coefficient (Wildman–Crippen LogP) is 1.51. The van der Waals surface area contributed by atoms with Crippen LogP contribution in [0.1, 0.15) is 0 Å². The molecule has 1 aliphatic rings. The predicted molar refractivity (Wildman–Crippen MR) is 83.1 cm³/mol. The van der Waals surface area contributed by atoms with Crippen molar-refractivity contribution in [3.05, 3.63) is 39.2 Å². The molecule has 1 aromatic carbocycles. The van der Waals surface area contributed by atoms with Gasteiger partial charge in [-0.25, -0.2) is 4.79 Å². The van der Waals surface area contributed by atoms with Gasteiger partial charge in [-0.05, 0) is 18.2 Å². The first-order chi connectivity index (χ1) is 10.2. The number of anilines is 3. The zero-order valence-electron chi connectivity index (χ0n) is 11.2. The van der Waals surface area contributed by atoms with Gasteiger partial charge in [-0.1, -0.05) is 22.0 Å². The fourth-order valence-electron chi connectivity index (χ4n) is 2.04. The molecule has 2 heterocycles. The van der Waals surface area contributed by atoms with Crippen molar-refractivity contribution in [1.82, 2.24) is 15.0 Å². The molecule has 1 aliphatic heterocycles. The van der Waals surface area contributed by atoms with Gasteiger partial charge in [0.2, 0.25) is 11.9 Å². The first-order valence-corrected chi connectivity index (χ1v) is 7.34. The molecule has 0 bridgehead atoms. The van der Waals surface area contributed by atoms with Gasteiger partial charge in [0.15, 0.2) is 0 Å². The lowest BCUT2D eigenvalue weighted by molar-refractivity contribution is 0.122. The summed E-state index contributed by atoms with van der Waals surface area (Å²) >= 11 is 3.40. The monoisotopic (exact) mass is 351 g/mol. The lowest BCUT2D eigenvalue weighted by atomic mass is 10.3. The molecule has 8 heteroatoms. The van der Waals surface area contributed by atoms with E-state index in [2.05, 4.69) is 36.2 Å². The summed E-state index contributed by atoms with van der Waals surface area (Å²) in [4.78, 5) is 24.5. The Hall–Kier alpha value is -1.93. The maximum atomic E-state index is 11.7. The minimum Gasteiger partial charge on any atom is -0.378 e. The zero-order chi connectivity index (χ0) is 14.7. The van der Waals surface area contributed by atoms with Crippen LogP contribution in [0.2, 0.25) is 0 Å². The van der Waals surface area contributed by atoms with Crippen molar-refractivity contribution >= 4 is 33.5 Å². The Labute approximate surface area is 129 Å². The molecule has 0 unspecified atom stereocenters. The number of rotatable bonds is 3. The number of aromatic nitrogens is 3. The molecule has 0 aliphatic carbocycles. The summed E-state index contributed by atoms with van der Waals surface area (Å²) in [5.74, 6) is 0.786. The second-order valence-corrected chi connectivity index (χ2v) is 5.45. The van der Waals surface area contributed by atoms with Crippen molar-refractivity contribution in [3.63, 3.8) is 0 Å². The molecule has 1 aromatic heterocycles. The number of aromatic amines is 1. The van der Waals surface area contributed by atoms with E-state index in [1.807, 2.05) is 29.2 Å². The Morgan fingerprint density at radius 1 is 1.29 bits per heavy atom. The normalized spacial score (nSPS) is 15.0. The molecule has 0 saturated carbocycles. The molecule has 2 aromatic rings. The second kappa shape index (κ2) is 6.23. The molecule has 0 spiro atoms. The van der Waals surface area contributed by atoms with E-state index < -0.39 is 5.69 Å². The second-order valence-electron chi connectivity index (χ2n) is 4.54. The van der Waals surface area contributed by atoms with Crippen LogP contribution in [0.4, 0.5) is 17.6 Å². The summed E-state index contributed by atoms with van der Waals surface area (Å²) < 4.78 is 6.23. The van der Waals surface area contributed by atoms with Gasteiger partial charge < -0.3 is 15.0 Å². The van der Waals surface area contributed by atoms with E-state index in [1.165, 1.54) is 0 Å². The van der Waals surface area contributed by atoms with E-state index in [0.29, 0.717) is 38.2 Å². The average molecular weight is 352 g/mol. The van der Waals surface area contributed by atoms with Crippen molar-refractivity contribution in [1.29, 1.82) is 0 Å². The van der Waals surface area contributed by atoms with E-state index in [4.69, 9.17) is 4.74 Å². The average Bonchev–Trinajstić information content (AvgIpc) is 2.47. The van der Waals surface area contributed by atoms with Gasteiger partial charge in [0.1, 0.15) is 0 Å². The first-order valence-electron chi connectivity index (χ1n) is 6.54. The molecule has 21 heavy (non-hydrogen) atoms. The van der Waals surface area contributed by atoms with Crippen LogP contribution in [0.15, 0.2) is 33.5 Å². The highest BCUT2D eigenvalue weighted by Crippen LogP contribution is 2.18. The summed E-state index contributed by atoms with van der Waals surface area (Å²) in [6.45, 7) is 2.59. The van der Waals surface area contributed by atoms with Gasteiger partial charge in [-0.3, -0.25) is 4.98 Å². The minimum atomic E-state index is -0.427. The fourth-order valence-corrected chi connectivity index (χ4v) is 2.44. The zero-order valence-corrected chi connectivity index (χ0v) is 12.8. The standard InChI is InChI=1S/C13H14BrN5O2/c14-9-2-1-3-10(8-9)15-11-16-12(18-13(20)17-11)19-4-6-21-7-5-19/h1-3,8H,4-7H2,(H2,15,16,17,18,20). The number of halogens is 1. The van der Waals surface area contributed by atoms with Crippen molar-refractivity contribution in [2.45, 2.75) is 0 Å². The maximum absolute atomic E-state index is 11.7. The number of ether oxygens (including phenoxy) is 1. The molecule has 7 nitrogen and oxygen atoms in total. The van der Waals surface area contributed by atoms with Crippen LogP contribution in [-0.2, 0) is 4.74 Å². The number of hydrogen-bond acceptors (Lipinski definition) is 6. The summed E-state index contributed by atoms with van der Waals surface area (Å²) in [6.07, 6.45) is 0. The number of morpholine rings is 1. The van der Waals surface area contributed by atoms with Crippen LogP contribution < -0.4 is 15.9 Å². The number of hydrogen-bond donors (Lipinski definition) is 2. The minimum absolute atomic E-state index is 0.370. The van der Waals surface area contributed by atoms with Gasteiger partial charge in [0.25, 0.3) is 0 Å². The first kappa shape index (κ1) is 14.0. The number of nitrogens with one attached hydrogen (secondary N) is 2. The van der Waals surface area contributed by atoms with E-state index in [-0.39, 0.29) is 0 Å². The van der Waals surface area contributed by atoms with Crippen LogP contribution >= 0.6 is 15.9 Å². The van der Waals surface area contributed by atoms with Crippen LogP contribution in [0.3, 0.4) is 0 Å². The summed E-state index contributed by atoms with van der Waals surface area (Å²) in [6, 6.07) is 7.61. The van der Waals surface area contributed by atoms with Gasteiger partial charge in [0.05, 0.1) is 13.2 Å². The SMILES string of the molecule is O=c1nc(N2CCOCC2)nc(Nc2cccc(Br)c2)[nH]1. The summed E-state index contributed by atoms with van der Waals surface area (Å²) in [5, 5.41) is 3.07. The van der Waals surface area contributed by atoms with Gasteiger partial charge >= 0.3 is 5.69 Å². The Kier molecular flexibility index (Phi) is 4.16. The third-order valence-electron chi connectivity index (χ3n) is 3.02. The summed E-state index contributed by atoms with van der Waals surface area (Å²) in [7, 11) is 0. The highest BCUT2D eigenvalue weighted by atomic mass is 79.9. The number of H-pyrrole nitrogens is 1. The van der Waals surface area contributed by atoms with Crippen molar-refractivity contribution in [2.75, 3.05) is 36.5 Å². The van der Waals surface area contributed by atoms with Crippen LogP contribution in [0.25, 0.3) is 0 Å². The van der Waals surface area contributed by atoms with Crippen LogP contribution in [0, 0.1) is 0 Å². The molecule has 0 radical (unpaired) electrons. The molecule has 110 valence electrons. The highest BCUT2D eigenvalue weighted by molar-refractivity contribution is 9.10. The fraction of sp³-hybridized carbons (Fsp3) is 0.308. The van der Waals surface area contributed by atoms with Crippen LogP contribution in [-0.4, -0.2) is 41.3 Å². The van der Waals surface area contributed by atoms with E-state index in [1.54, 1.807) is 0 Å². The third kappa shape index (κ3) is 3.59. The lowest BCUT2D eigenvalue weighted by Crippen LogP contribution is -2.38. The molecule has 2 N–H and O–H groups in total. The molecule has 1 saturated heterocycles. The molecule has 3 rings (SSSR count). The molecular weight excluding hydrogens is 338 g/mol. The van der Waals surface area contributed by atoms with Crippen molar-refractivity contribution in [3.8, 4) is 0 Å². The quantitative estimate of drug-likeness (QED) is 0.871. The molecule has 1 fully saturated rings. The smallest absolute Gasteiger partial charge is 0.351 e. The summed E-state index contributed by atoms with van der Waals surface area (Å²) in [5.41, 5.74) is 0.399. The highest BCUT2D eigenvalue weighted by Gasteiger charge is 2.15. The Bertz CT molecular complexity index is 684. The van der Waals surface area contributed by atoms with Gasteiger partial charge in [-0.15, -0.1) is 0 Å². The van der Waals surface area contributed by atoms with Crippen LogP contribution in [0.5, 0.6) is 0 Å². The number of benzene rings is 1. The number of nitrogens with zero attached hydrogens (tertiary/aromatic N) is 3. The van der Waals surface area contributed by atoms with E-state index >= 15 is 0 Å². The van der Waals surface area contributed by atoms with Crippen molar-refractivity contribution < 1.29 is 4.74 Å².